The SMILES string of the molecule is CCOC(=O)C1=C(O)/C(=C/c2cc(Br)c(OCc3ccc(I)cc3)c(OC)c2)SC1=Nc1ccccc1. The van der Waals surface area contributed by atoms with Crippen molar-refractivity contribution in [2.45, 2.75) is 13.5 Å². The number of rotatable bonds is 8. The largest absolute Gasteiger partial charge is 0.506 e. The average Bonchev–Trinajstić information content (AvgIpc) is 3.19. The van der Waals surface area contributed by atoms with E-state index in [2.05, 4.69) is 43.5 Å². The summed E-state index contributed by atoms with van der Waals surface area (Å²) in [5.74, 6) is 0.304. The number of hydrogen-bond donors (Lipinski definition) is 1. The summed E-state index contributed by atoms with van der Waals surface area (Å²) in [7, 11) is 1.57. The lowest BCUT2D eigenvalue weighted by atomic mass is 10.1. The molecule has 0 unspecified atom stereocenters. The smallest absolute Gasteiger partial charge is 0.344 e. The molecule has 0 bridgehead atoms. The summed E-state index contributed by atoms with van der Waals surface area (Å²) >= 11 is 7.05. The van der Waals surface area contributed by atoms with Crippen LogP contribution in [-0.4, -0.2) is 29.8 Å². The normalized spacial score (nSPS) is 15.4. The quantitative estimate of drug-likeness (QED) is 0.192. The number of nitrogens with zero attached hydrogens (tertiary/aromatic N) is 1. The highest BCUT2D eigenvalue weighted by atomic mass is 127. The minimum atomic E-state index is -0.622. The molecule has 3 aromatic rings. The van der Waals surface area contributed by atoms with Crippen molar-refractivity contribution in [3.05, 3.63) is 102 Å². The molecule has 0 atom stereocenters. The lowest BCUT2D eigenvalue weighted by Crippen LogP contribution is -2.12. The number of aliphatic hydroxyl groups is 1. The van der Waals surface area contributed by atoms with E-state index in [4.69, 9.17) is 14.2 Å². The first-order chi connectivity index (χ1) is 17.9. The van der Waals surface area contributed by atoms with Crippen molar-refractivity contribution < 1.29 is 24.1 Å². The third-order valence-corrected chi connectivity index (χ3v) is 7.53. The summed E-state index contributed by atoms with van der Waals surface area (Å²) in [6, 6.07) is 21.0. The number of aliphatic imine (C=N–C) groups is 1. The van der Waals surface area contributed by atoms with E-state index in [0.29, 0.717) is 38.2 Å². The molecule has 9 heteroatoms. The molecule has 0 radical (unpaired) electrons. The van der Waals surface area contributed by atoms with Crippen molar-refractivity contribution in [2.24, 2.45) is 4.99 Å². The molecule has 4 rings (SSSR count). The zero-order valence-electron chi connectivity index (χ0n) is 20.0. The molecule has 0 aliphatic carbocycles. The first kappa shape index (κ1) is 27.3. The minimum absolute atomic E-state index is 0.0467. The molecule has 1 heterocycles. The van der Waals surface area contributed by atoms with Crippen molar-refractivity contribution in [3.8, 4) is 11.5 Å². The van der Waals surface area contributed by atoms with Gasteiger partial charge in [0.1, 0.15) is 23.0 Å². The van der Waals surface area contributed by atoms with E-state index in [0.717, 1.165) is 14.7 Å². The van der Waals surface area contributed by atoms with Gasteiger partial charge in [0, 0.05) is 3.57 Å². The van der Waals surface area contributed by atoms with E-state index in [1.54, 1.807) is 20.1 Å². The molecule has 3 aromatic carbocycles. The highest BCUT2D eigenvalue weighted by Crippen LogP contribution is 2.42. The number of carbonyl (C=O) groups is 1. The van der Waals surface area contributed by atoms with E-state index in [9.17, 15) is 9.90 Å². The van der Waals surface area contributed by atoms with Gasteiger partial charge < -0.3 is 19.3 Å². The summed E-state index contributed by atoms with van der Waals surface area (Å²) < 4.78 is 18.7. The van der Waals surface area contributed by atoms with E-state index in [1.807, 2.05) is 66.7 Å². The fourth-order valence-electron chi connectivity index (χ4n) is 3.46. The first-order valence-electron chi connectivity index (χ1n) is 11.3. The van der Waals surface area contributed by atoms with Crippen molar-refractivity contribution in [1.82, 2.24) is 0 Å². The Kier molecular flexibility index (Phi) is 9.33. The zero-order chi connectivity index (χ0) is 26.4. The summed E-state index contributed by atoms with van der Waals surface area (Å²) in [4.78, 5) is 17.7. The number of ether oxygens (including phenoxy) is 3. The number of halogens is 2. The van der Waals surface area contributed by atoms with Crippen LogP contribution in [0, 0.1) is 3.57 Å². The summed E-state index contributed by atoms with van der Waals surface area (Å²) in [6.45, 7) is 2.29. The lowest BCUT2D eigenvalue weighted by Gasteiger charge is -2.14. The Balaban J connectivity index is 1.65. The fraction of sp³-hybridized carbons (Fsp3) is 0.143. The van der Waals surface area contributed by atoms with Gasteiger partial charge in [-0.05, 0) is 99.0 Å². The van der Waals surface area contributed by atoms with Gasteiger partial charge in [0.15, 0.2) is 11.5 Å². The molecule has 0 saturated heterocycles. The summed E-state index contributed by atoms with van der Waals surface area (Å²) in [5, 5.41) is 11.3. The van der Waals surface area contributed by atoms with Crippen LogP contribution in [-0.2, 0) is 16.1 Å². The van der Waals surface area contributed by atoms with E-state index in [-0.39, 0.29) is 17.9 Å². The molecule has 1 aliphatic heterocycles. The number of para-hydroxylation sites is 1. The molecular formula is C28H23BrINO5S. The molecule has 0 aromatic heterocycles. The minimum Gasteiger partial charge on any atom is -0.506 e. The topological polar surface area (TPSA) is 77.4 Å². The highest BCUT2D eigenvalue weighted by molar-refractivity contribution is 14.1. The molecule has 0 spiro atoms. The molecule has 0 amide bonds. The zero-order valence-corrected chi connectivity index (χ0v) is 24.6. The molecule has 0 fully saturated rings. The van der Waals surface area contributed by atoms with Crippen LogP contribution >= 0.6 is 50.3 Å². The second-order valence-electron chi connectivity index (χ2n) is 7.76. The van der Waals surface area contributed by atoms with Gasteiger partial charge in [-0.25, -0.2) is 9.79 Å². The van der Waals surface area contributed by atoms with Crippen LogP contribution in [0.1, 0.15) is 18.1 Å². The Labute approximate surface area is 241 Å². The Morgan fingerprint density at radius 1 is 1.14 bits per heavy atom. The number of esters is 1. The number of aliphatic hydroxyl groups excluding tert-OH is 1. The second kappa shape index (κ2) is 12.7. The van der Waals surface area contributed by atoms with Gasteiger partial charge in [-0.1, -0.05) is 42.1 Å². The summed E-state index contributed by atoms with van der Waals surface area (Å²) in [6.07, 6.45) is 1.77. The van der Waals surface area contributed by atoms with Gasteiger partial charge in [0.2, 0.25) is 0 Å². The molecule has 190 valence electrons. The van der Waals surface area contributed by atoms with Crippen LogP contribution in [0.4, 0.5) is 5.69 Å². The third kappa shape index (κ3) is 6.77. The second-order valence-corrected chi connectivity index (χ2v) is 10.9. The number of methoxy groups -OCH3 is 1. The Morgan fingerprint density at radius 3 is 2.54 bits per heavy atom. The number of thioether (sulfide) groups is 1. The molecule has 1 aliphatic rings. The van der Waals surface area contributed by atoms with Crippen LogP contribution in [0.25, 0.3) is 6.08 Å². The maximum Gasteiger partial charge on any atom is 0.344 e. The third-order valence-electron chi connectivity index (χ3n) is 5.20. The maximum absolute atomic E-state index is 12.7. The van der Waals surface area contributed by atoms with Gasteiger partial charge in [0.25, 0.3) is 0 Å². The first-order valence-corrected chi connectivity index (χ1v) is 14.0. The van der Waals surface area contributed by atoms with Crippen LogP contribution < -0.4 is 9.47 Å². The predicted molar refractivity (Wildman–Crippen MR) is 160 cm³/mol. The highest BCUT2D eigenvalue weighted by Gasteiger charge is 2.33. The van der Waals surface area contributed by atoms with Gasteiger partial charge in [-0.2, -0.15) is 0 Å². The number of hydrogen-bond acceptors (Lipinski definition) is 7. The van der Waals surface area contributed by atoms with Crippen molar-refractivity contribution in [1.29, 1.82) is 0 Å². The Morgan fingerprint density at radius 2 is 1.86 bits per heavy atom. The van der Waals surface area contributed by atoms with Gasteiger partial charge in [0.05, 0.1) is 28.8 Å². The molecule has 6 nitrogen and oxygen atoms in total. The van der Waals surface area contributed by atoms with Crippen molar-refractivity contribution in [3.63, 3.8) is 0 Å². The Bertz CT molecular complexity index is 1390. The standard InChI is InChI=1S/C28H23BrINO5S/c1-3-35-28(33)24-25(32)23(37-27(24)31-20-7-5-4-6-8-20)15-18-13-21(29)26(22(14-18)34-2)36-16-17-9-11-19(30)12-10-17/h4-15,32H,3,16H2,1-2H3/b23-15-,31-27?. The van der Waals surface area contributed by atoms with Crippen molar-refractivity contribution in [2.75, 3.05) is 13.7 Å². The van der Waals surface area contributed by atoms with Crippen LogP contribution in [0.2, 0.25) is 0 Å². The molecule has 0 saturated carbocycles. The maximum atomic E-state index is 12.7. The lowest BCUT2D eigenvalue weighted by molar-refractivity contribution is -0.138. The van der Waals surface area contributed by atoms with E-state index < -0.39 is 5.97 Å². The predicted octanol–water partition coefficient (Wildman–Crippen LogP) is 7.83. The van der Waals surface area contributed by atoms with Crippen LogP contribution in [0.5, 0.6) is 11.5 Å². The summed E-state index contributed by atoms with van der Waals surface area (Å²) in [5.41, 5.74) is 2.49. The average molecular weight is 692 g/mol. The van der Waals surface area contributed by atoms with Gasteiger partial charge in [-0.15, -0.1) is 0 Å². The van der Waals surface area contributed by atoms with Gasteiger partial charge in [-0.3, -0.25) is 0 Å². The fourth-order valence-corrected chi connectivity index (χ4v) is 5.43. The monoisotopic (exact) mass is 691 g/mol. The number of carbonyl (C=O) groups excluding carboxylic acids is 1. The van der Waals surface area contributed by atoms with E-state index in [1.165, 1.54) is 11.8 Å². The van der Waals surface area contributed by atoms with Crippen molar-refractivity contribution >= 4 is 73.1 Å². The molecule has 1 N–H and O–H groups in total. The Hall–Kier alpha value is -2.76. The molecule has 37 heavy (non-hydrogen) atoms. The van der Waals surface area contributed by atoms with E-state index >= 15 is 0 Å². The van der Waals surface area contributed by atoms with Gasteiger partial charge >= 0.3 is 5.97 Å². The molecular weight excluding hydrogens is 669 g/mol. The van der Waals surface area contributed by atoms with Crippen LogP contribution in [0.15, 0.2) is 92.4 Å². The van der Waals surface area contributed by atoms with Crippen LogP contribution in [0.3, 0.4) is 0 Å². The number of benzene rings is 3.